The molecule has 3 rings (SSSR count). The first-order valence-electron chi connectivity index (χ1n) is 4.67. The largest absolute Gasteiger partial charge is 0.454 e. The Hall–Kier alpha value is -1.91. The van der Waals surface area contributed by atoms with Gasteiger partial charge >= 0.3 is 6.09 Å². The van der Waals surface area contributed by atoms with Crippen molar-refractivity contribution in [1.82, 2.24) is 5.32 Å². The average molecular weight is 207 g/mol. The zero-order valence-electron chi connectivity index (χ0n) is 7.86. The fourth-order valence-electron chi connectivity index (χ4n) is 1.69. The molecule has 2 aliphatic rings. The highest BCUT2D eigenvalue weighted by atomic mass is 16.7. The number of nitrogens with one attached hydrogen (secondary N) is 1. The molecule has 2 aliphatic heterocycles. The molecule has 1 aromatic rings. The Labute approximate surface area is 85.9 Å². The summed E-state index contributed by atoms with van der Waals surface area (Å²) < 4.78 is 15.5. The minimum absolute atomic E-state index is 0.230. The number of ether oxygens (including phenoxy) is 3. The first-order chi connectivity index (χ1) is 7.33. The molecule has 5 nitrogen and oxygen atoms in total. The van der Waals surface area contributed by atoms with Crippen LogP contribution < -0.4 is 14.8 Å². The van der Waals surface area contributed by atoms with E-state index in [0.717, 1.165) is 11.3 Å². The lowest BCUT2D eigenvalue weighted by atomic mass is 10.1. The number of carbonyl (C=O) groups is 1. The van der Waals surface area contributed by atoms with Crippen LogP contribution in [-0.2, 0) is 4.74 Å². The molecule has 1 saturated heterocycles. The normalized spacial score (nSPS) is 22.4. The molecule has 0 radical (unpaired) electrons. The monoisotopic (exact) mass is 207 g/mol. The quantitative estimate of drug-likeness (QED) is 0.751. The minimum Gasteiger partial charge on any atom is -0.454 e. The third kappa shape index (κ3) is 1.36. The maximum absolute atomic E-state index is 10.9. The molecule has 1 amide bonds. The number of fused-ring (bicyclic) bond motifs is 1. The van der Waals surface area contributed by atoms with Gasteiger partial charge in [-0.05, 0) is 17.7 Å². The van der Waals surface area contributed by atoms with Crippen LogP contribution in [0.3, 0.4) is 0 Å². The molecule has 1 atom stereocenters. The van der Waals surface area contributed by atoms with Crippen LogP contribution >= 0.6 is 0 Å². The molecule has 15 heavy (non-hydrogen) atoms. The van der Waals surface area contributed by atoms with Gasteiger partial charge in [0.15, 0.2) is 11.5 Å². The molecule has 0 aliphatic carbocycles. The number of hydrogen-bond acceptors (Lipinski definition) is 4. The summed E-state index contributed by atoms with van der Waals surface area (Å²) in [5.74, 6) is 1.44. The number of benzene rings is 1. The predicted octanol–water partition coefficient (Wildman–Crippen LogP) is 1.20. The molecule has 0 spiro atoms. The fraction of sp³-hybridized carbons (Fsp3) is 0.300. The van der Waals surface area contributed by atoms with E-state index in [1.165, 1.54) is 0 Å². The van der Waals surface area contributed by atoms with Crippen LogP contribution in [0.15, 0.2) is 18.2 Å². The zero-order chi connectivity index (χ0) is 10.3. The summed E-state index contributed by atoms with van der Waals surface area (Å²) in [4.78, 5) is 10.9. The van der Waals surface area contributed by atoms with Crippen LogP contribution in [0.5, 0.6) is 11.5 Å². The number of carbonyl (C=O) groups excluding carboxylic acids is 1. The van der Waals surface area contributed by atoms with Crippen LogP contribution in [0.2, 0.25) is 0 Å². The first kappa shape index (κ1) is 8.40. The smallest absolute Gasteiger partial charge is 0.407 e. The topological polar surface area (TPSA) is 56.8 Å². The van der Waals surface area contributed by atoms with Crippen molar-refractivity contribution >= 4 is 6.09 Å². The van der Waals surface area contributed by atoms with E-state index in [1.54, 1.807) is 0 Å². The minimum atomic E-state index is -0.377. The molecule has 0 bridgehead atoms. The van der Waals surface area contributed by atoms with E-state index in [4.69, 9.17) is 14.2 Å². The summed E-state index contributed by atoms with van der Waals surface area (Å²) in [6.07, 6.45) is -0.607. The van der Waals surface area contributed by atoms with E-state index in [9.17, 15) is 4.79 Å². The van der Waals surface area contributed by atoms with E-state index in [0.29, 0.717) is 12.3 Å². The molecule has 0 saturated carbocycles. The van der Waals surface area contributed by atoms with Crippen LogP contribution in [0.25, 0.3) is 0 Å². The maximum atomic E-state index is 10.9. The van der Waals surface area contributed by atoms with E-state index in [2.05, 4.69) is 5.32 Å². The summed E-state index contributed by atoms with van der Waals surface area (Å²) in [7, 11) is 0. The first-order valence-corrected chi connectivity index (χ1v) is 4.67. The molecule has 5 heteroatoms. The van der Waals surface area contributed by atoms with Crippen molar-refractivity contribution < 1.29 is 19.0 Å². The highest BCUT2D eigenvalue weighted by molar-refractivity contribution is 5.69. The lowest BCUT2D eigenvalue weighted by molar-refractivity contribution is 0.141. The average Bonchev–Trinajstić information content (AvgIpc) is 2.84. The van der Waals surface area contributed by atoms with Crippen molar-refractivity contribution in [2.75, 3.05) is 13.3 Å². The van der Waals surface area contributed by atoms with Gasteiger partial charge in [0.25, 0.3) is 0 Å². The van der Waals surface area contributed by atoms with Gasteiger partial charge in [-0.3, -0.25) is 0 Å². The summed E-state index contributed by atoms with van der Waals surface area (Å²) in [5, 5.41) is 2.60. The van der Waals surface area contributed by atoms with Gasteiger partial charge in [0.1, 0.15) is 6.10 Å². The van der Waals surface area contributed by atoms with Gasteiger partial charge in [0, 0.05) is 0 Å². The van der Waals surface area contributed by atoms with Crippen molar-refractivity contribution in [2.24, 2.45) is 0 Å². The standard InChI is InChI=1S/C10H9NO4/c12-10-11-4-9(15-10)6-1-2-7-8(3-6)14-5-13-7/h1-3,9H,4-5H2,(H,11,12). The van der Waals surface area contributed by atoms with Crippen LogP contribution in [0, 0.1) is 0 Å². The molecule has 1 aromatic carbocycles. The predicted molar refractivity (Wildman–Crippen MR) is 49.8 cm³/mol. The van der Waals surface area contributed by atoms with Gasteiger partial charge in [0.2, 0.25) is 6.79 Å². The Morgan fingerprint density at radius 2 is 2.13 bits per heavy atom. The maximum Gasteiger partial charge on any atom is 0.407 e. The van der Waals surface area contributed by atoms with Crippen LogP contribution in [0.4, 0.5) is 4.79 Å². The van der Waals surface area contributed by atoms with Gasteiger partial charge in [-0.25, -0.2) is 4.79 Å². The van der Waals surface area contributed by atoms with E-state index in [1.807, 2.05) is 18.2 Å². The van der Waals surface area contributed by atoms with E-state index in [-0.39, 0.29) is 19.0 Å². The lowest BCUT2D eigenvalue weighted by Crippen LogP contribution is -2.12. The Morgan fingerprint density at radius 1 is 1.27 bits per heavy atom. The molecular formula is C10H9NO4. The van der Waals surface area contributed by atoms with E-state index < -0.39 is 0 Å². The summed E-state index contributed by atoms with van der Waals surface area (Å²) in [6, 6.07) is 5.54. The number of amides is 1. The SMILES string of the molecule is O=C1NCC(c2ccc3c(c2)OCO3)O1. The molecule has 1 N–H and O–H groups in total. The highest BCUT2D eigenvalue weighted by Crippen LogP contribution is 2.35. The van der Waals surface area contributed by atoms with Crippen molar-refractivity contribution in [1.29, 1.82) is 0 Å². The van der Waals surface area contributed by atoms with E-state index >= 15 is 0 Å². The molecule has 2 heterocycles. The van der Waals surface area contributed by atoms with Crippen LogP contribution in [0.1, 0.15) is 11.7 Å². The van der Waals surface area contributed by atoms with Gasteiger partial charge < -0.3 is 19.5 Å². The van der Waals surface area contributed by atoms with Crippen LogP contribution in [-0.4, -0.2) is 19.4 Å². The number of hydrogen-bond donors (Lipinski definition) is 1. The summed E-state index contributed by atoms with van der Waals surface area (Å²) >= 11 is 0. The molecule has 1 fully saturated rings. The second-order valence-corrected chi connectivity index (χ2v) is 3.39. The third-order valence-corrected chi connectivity index (χ3v) is 2.45. The third-order valence-electron chi connectivity index (χ3n) is 2.45. The molecule has 1 unspecified atom stereocenters. The number of rotatable bonds is 1. The Bertz CT molecular complexity index is 418. The second kappa shape index (κ2) is 3.05. The van der Waals surface area contributed by atoms with Gasteiger partial charge in [-0.1, -0.05) is 6.07 Å². The highest BCUT2D eigenvalue weighted by Gasteiger charge is 2.25. The molecule has 0 aromatic heterocycles. The Morgan fingerprint density at radius 3 is 2.93 bits per heavy atom. The van der Waals surface area contributed by atoms with Gasteiger partial charge in [-0.15, -0.1) is 0 Å². The van der Waals surface area contributed by atoms with Crippen molar-refractivity contribution in [3.63, 3.8) is 0 Å². The Balaban J connectivity index is 1.89. The molecule has 78 valence electrons. The van der Waals surface area contributed by atoms with Crippen molar-refractivity contribution in [3.05, 3.63) is 23.8 Å². The Kier molecular flexibility index (Phi) is 1.71. The number of cyclic esters (lactones) is 1. The van der Waals surface area contributed by atoms with Crippen molar-refractivity contribution in [3.8, 4) is 11.5 Å². The lowest BCUT2D eigenvalue weighted by Gasteiger charge is -2.08. The number of alkyl carbamates (subject to hydrolysis) is 1. The van der Waals surface area contributed by atoms with Gasteiger partial charge in [0.05, 0.1) is 6.54 Å². The van der Waals surface area contributed by atoms with Gasteiger partial charge in [-0.2, -0.15) is 0 Å². The molecular weight excluding hydrogens is 198 g/mol. The van der Waals surface area contributed by atoms with Crippen molar-refractivity contribution in [2.45, 2.75) is 6.10 Å². The zero-order valence-corrected chi connectivity index (χ0v) is 7.86. The summed E-state index contributed by atoms with van der Waals surface area (Å²) in [6.45, 7) is 0.750. The summed E-state index contributed by atoms with van der Waals surface area (Å²) in [5.41, 5.74) is 0.914. The fourth-order valence-corrected chi connectivity index (χ4v) is 1.69. The second-order valence-electron chi connectivity index (χ2n) is 3.39.